The zero-order valence-corrected chi connectivity index (χ0v) is 8.43. The molecule has 4 heteroatoms. The second-order valence-corrected chi connectivity index (χ2v) is 0. The molecule has 3 nitrogen and oxygen atoms in total. The summed E-state index contributed by atoms with van der Waals surface area (Å²) < 4.78 is 0. The SMILES string of the molecule is C[O-].C[O-].C[O-].[La+3]. The van der Waals surface area contributed by atoms with E-state index in [1.54, 1.807) is 0 Å². The molecule has 0 aliphatic carbocycles. The summed E-state index contributed by atoms with van der Waals surface area (Å²) in [6, 6.07) is 0. The average molecular weight is 232 g/mol. The summed E-state index contributed by atoms with van der Waals surface area (Å²) >= 11 is 0. The molecule has 0 aromatic rings. The third-order valence-electron chi connectivity index (χ3n) is 0. The number of hydrogen-bond acceptors (Lipinski definition) is 3. The Bertz CT molecular complexity index is 10.1. The van der Waals surface area contributed by atoms with Crippen LogP contribution in [-0.2, 0) is 0 Å². The molecule has 0 atom stereocenters. The largest absolute Gasteiger partial charge is 3.00 e. The van der Waals surface area contributed by atoms with Crippen LogP contribution in [-0.4, -0.2) is 21.3 Å². The molecule has 0 aliphatic heterocycles. The molecule has 0 rings (SSSR count). The van der Waals surface area contributed by atoms with Crippen molar-refractivity contribution < 1.29 is 50.9 Å². The predicted molar refractivity (Wildman–Crippen MR) is 17.8 cm³/mol. The first-order valence-electron chi connectivity index (χ1n) is 1.22. The van der Waals surface area contributed by atoms with Gasteiger partial charge >= 0.3 is 35.6 Å². The Morgan fingerprint density at radius 3 is 0.571 bits per heavy atom. The molecule has 0 aliphatic rings. The second kappa shape index (κ2) is 226. The van der Waals surface area contributed by atoms with Gasteiger partial charge in [0.2, 0.25) is 0 Å². The van der Waals surface area contributed by atoms with Gasteiger partial charge in [-0.1, -0.05) is 0 Å². The maximum absolute atomic E-state index is 8.25. The van der Waals surface area contributed by atoms with E-state index in [4.69, 9.17) is 15.3 Å². The van der Waals surface area contributed by atoms with Crippen LogP contribution in [0.3, 0.4) is 0 Å². The second-order valence-electron chi connectivity index (χ2n) is 0. The van der Waals surface area contributed by atoms with E-state index in [2.05, 4.69) is 0 Å². The first-order valence-corrected chi connectivity index (χ1v) is 1.22. The van der Waals surface area contributed by atoms with E-state index in [9.17, 15) is 0 Å². The fraction of sp³-hybridized carbons (Fsp3) is 1.00. The van der Waals surface area contributed by atoms with E-state index < -0.39 is 0 Å². The van der Waals surface area contributed by atoms with Crippen molar-refractivity contribution in [1.82, 2.24) is 0 Å². The summed E-state index contributed by atoms with van der Waals surface area (Å²) in [4.78, 5) is 0. The Labute approximate surface area is 72.0 Å². The summed E-state index contributed by atoms with van der Waals surface area (Å²) in [5.41, 5.74) is 0. The summed E-state index contributed by atoms with van der Waals surface area (Å²) in [7, 11) is 2.25. The maximum Gasteiger partial charge on any atom is 3.00 e. The van der Waals surface area contributed by atoms with E-state index in [0.717, 1.165) is 21.3 Å². The maximum atomic E-state index is 8.25. The molecule has 0 aromatic heterocycles. The van der Waals surface area contributed by atoms with Crippen LogP contribution in [0.1, 0.15) is 0 Å². The van der Waals surface area contributed by atoms with Crippen molar-refractivity contribution in [2.75, 3.05) is 21.3 Å². The number of rotatable bonds is 0. The van der Waals surface area contributed by atoms with Crippen molar-refractivity contribution in [3.63, 3.8) is 0 Å². The molecule has 0 saturated heterocycles. The van der Waals surface area contributed by atoms with Crippen LogP contribution in [0.25, 0.3) is 0 Å². The summed E-state index contributed by atoms with van der Waals surface area (Å²) in [5.74, 6) is 0. The Kier molecular flexibility index (Phi) is 786. The van der Waals surface area contributed by atoms with E-state index in [1.165, 1.54) is 0 Å². The van der Waals surface area contributed by atoms with E-state index >= 15 is 0 Å². The van der Waals surface area contributed by atoms with Gasteiger partial charge in [-0.15, -0.1) is 0 Å². The Morgan fingerprint density at radius 2 is 0.571 bits per heavy atom. The standard InChI is InChI=1S/3CH3O.La/c3*1-2;/h3*1H3;/q3*-1;+3. The molecule has 7 heavy (non-hydrogen) atoms. The third-order valence-corrected chi connectivity index (χ3v) is 0. The first kappa shape index (κ1) is 24.3. The van der Waals surface area contributed by atoms with Crippen molar-refractivity contribution in [3.8, 4) is 0 Å². The molecule has 0 fully saturated rings. The molecule has 0 bridgehead atoms. The summed E-state index contributed by atoms with van der Waals surface area (Å²) in [5, 5.41) is 24.8. The number of hydrogen-bond donors (Lipinski definition) is 0. The Hall–Kier alpha value is 1.07. The zero-order valence-electron chi connectivity index (χ0n) is 4.80. The Balaban J connectivity index is -0.00000000900. The van der Waals surface area contributed by atoms with E-state index in [0.29, 0.717) is 0 Å². The van der Waals surface area contributed by atoms with E-state index in [-0.39, 0.29) is 35.6 Å². The van der Waals surface area contributed by atoms with Crippen molar-refractivity contribution in [1.29, 1.82) is 0 Å². The predicted octanol–water partition coefficient (Wildman–Crippen LogP) is -3.07. The van der Waals surface area contributed by atoms with Crippen LogP contribution in [0.4, 0.5) is 0 Å². The monoisotopic (exact) mass is 232 g/mol. The zero-order chi connectivity index (χ0) is 6.00. The topological polar surface area (TPSA) is 69.2 Å². The smallest absolute Gasteiger partial charge is 0.857 e. The van der Waals surface area contributed by atoms with Crippen LogP contribution in [0, 0.1) is 35.6 Å². The fourth-order valence-electron chi connectivity index (χ4n) is 0. The van der Waals surface area contributed by atoms with E-state index in [1.807, 2.05) is 0 Å². The minimum atomic E-state index is 0. The molecule has 42 valence electrons. The van der Waals surface area contributed by atoms with Gasteiger partial charge < -0.3 is 15.3 Å². The molecule has 0 radical (unpaired) electrons. The summed E-state index contributed by atoms with van der Waals surface area (Å²) in [6.45, 7) is 0. The van der Waals surface area contributed by atoms with Crippen LogP contribution in [0.2, 0.25) is 0 Å². The van der Waals surface area contributed by atoms with Crippen molar-refractivity contribution >= 4 is 0 Å². The molecule has 0 unspecified atom stereocenters. The molecular weight excluding hydrogens is 223 g/mol. The van der Waals surface area contributed by atoms with Gasteiger partial charge in [0.05, 0.1) is 0 Å². The van der Waals surface area contributed by atoms with Crippen molar-refractivity contribution in [3.05, 3.63) is 0 Å². The Morgan fingerprint density at radius 1 is 0.571 bits per heavy atom. The van der Waals surface area contributed by atoms with Gasteiger partial charge in [0.15, 0.2) is 0 Å². The van der Waals surface area contributed by atoms with Gasteiger partial charge in [-0.3, -0.25) is 0 Å². The van der Waals surface area contributed by atoms with Crippen LogP contribution in [0.5, 0.6) is 0 Å². The summed E-state index contributed by atoms with van der Waals surface area (Å²) in [6.07, 6.45) is 0. The molecule has 0 saturated carbocycles. The molecule has 0 spiro atoms. The van der Waals surface area contributed by atoms with Crippen LogP contribution in [0.15, 0.2) is 0 Å². The quantitative estimate of drug-likeness (QED) is 0.445. The minimum absolute atomic E-state index is 0. The van der Waals surface area contributed by atoms with Crippen LogP contribution < -0.4 is 15.3 Å². The van der Waals surface area contributed by atoms with Gasteiger partial charge in [0.25, 0.3) is 0 Å². The molecule has 0 aromatic carbocycles. The fourth-order valence-corrected chi connectivity index (χ4v) is 0. The average Bonchev–Trinajstić information content (AvgIpc) is 1.81. The molecule has 0 N–H and O–H groups in total. The first-order chi connectivity index (χ1) is 3.00. The van der Waals surface area contributed by atoms with Crippen molar-refractivity contribution in [2.24, 2.45) is 0 Å². The molecular formula is C3H9LaO3. The van der Waals surface area contributed by atoms with Gasteiger partial charge in [0, 0.05) is 0 Å². The normalized spacial score (nSPS) is 2.57. The third kappa shape index (κ3) is 158. The van der Waals surface area contributed by atoms with Crippen molar-refractivity contribution in [2.45, 2.75) is 0 Å². The van der Waals surface area contributed by atoms with Gasteiger partial charge in [-0.05, 0) is 0 Å². The molecule has 0 amide bonds. The minimum Gasteiger partial charge on any atom is -0.857 e. The van der Waals surface area contributed by atoms with Gasteiger partial charge in [-0.25, -0.2) is 0 Å². The van der Waals surface area contributed by atoms with Crippen LogP contribution >= 0.6 is 0 Å². The van der Waals surface area contributed by atoms with Gasteiger partial charge in [-0.2, -0.15) is 21.3 Å². The molecule has 0 heterocycles. The van der Waals surface area contributed by atoms with Gasteiger partial charge in [0.1, 0.15) is 0 Å².